The van der Waals surface area contributed by atoms with E-state index in [2.05, 4.69) is 0 Å². The van der Waals surface area contributed by atoms with Gasteiger partial charge in [-0.1, -0.05) is 66.7 Å². The summed E-state index contributed by atoms with van der Waals surface area (Å²) < 4.78 is 24.8. The van der Waals surface area contributed by atoms with Gasteiger partial charge in [-0.2, -0.15) is 0 Å². The molecule has 0 aromatic heterocycles. The Morgan fingerprint density at radius 2 is 1.19 bits per heavy atom. The molecule has 1 amide bonds. The van der Waals surface area contributed by atoms with Gasteiger partial charge in [-0.15, -0.1) is 0 Å². The number of esters is 2. The number of ketones is 1. The number of ether oxygens (including phenoxy) is 2. The minimum Gasteiger partial charge on any atom is -0.465 e. The van der Waals surface area contributed by atoms with Gasteiger partial charge in [-0.25, -0.2) is 0 Å². The molecule has 0 radical (unpaired) electrons. The van der Waals surface area contributed by atoms with Crippen molar-refractivity contribution >= 4 is 46.9 Å². The molecule has 1 atom stereocenters. The molecule has 0 fully saturated rings. The molecule has 226 valence electrons. The Morgan fingerprint density at radius 3 is 1.60 bits per heavy atom. The van der Waals surface area contributed by atoms with Gasteiger partial charge in [-0.3, -0.25) is 24.0 Å². The molecular weight excluding hydrogens is 569 g/mol. The highest BCUT2D eigenvalue weighted by molar-refractivity contribution is 7.93. The molecule has 0 saturated heterocycles. The van der Waals surface area contributed by atoms with Crippen LogP contribution in [0.25, 0.3) is 0 Å². The third-order valence-electron chi connectivity index (χ3n) is 7.24. The molecule has 3 aromatic rings. The molecule has 43 heavy (non-hydrogen) atoms. The van der Waals surface area contributed by atoms with E-state index in [0.717, 1.165) is 0 Å². The second-order valence-electron chi connectivity index (χ2n) is 10.1. The maximum Gasteiger partial charge on any atom is 0.321 e. The van der Waals surface area contributed by atoms with Crippen LogP contribution in [0.2, 0.25) is 0 Å². The van der Waals surface area contributed by atoms with Crippen LogP contribution in [-0.4, -0.2) is 42.4 Å². The quantitative estimate of drug-likeness (QED) is 0.132. The summed E-state index contributed by atoms with van der Waals surface area (Å²) in [6.45, 7) is 7.87. The van der Waals surface area contributed by atoms with Crippen LogP contribution >= 0.6 is 7.14 Å². The number of benzene rings is 3. The van der Waals surface area contributed by atoms with Crippen LogP contribution in [0.3, 0.4) is 0 Å². The van der Waals surface area contributed by atoms with Crippen LogP contribution in [-0.2, 0) is 28.4 Å². The van der Waals surface area contributed by atoms with Gasteiger partial charge in [0.05, 0.1) is 19.1 Å². The summed E-state index contributed by atoms with van der Waals surface area (Å²) in [4.78, 5) is 66.2. The predicted octanol–water partition coefficient (Wildman–Crippen LogP) is 4.18. The van der Waals surface area contributed by atoms with Crippen LogP contribution in [0, 0.1) is 32.6 Å². The lowest BCUT2D eigenvalue weighted by Gasteiger charge is -2.24. The zero-order valence-electron chi connectivity index (χ0n) is 24.9. The highest BCUT2D eigenvalue weighted by Gasteiger charge is 2.43. The Labute approximate surface area is 251 Å². The first kappa shape index (κ1) is 33.1. The van der Waals surface area contributed by atoms with Gasteiger partial charge in [0.1, 0.15) is 0 Å². The number of hydrogen-bond acceptors (Lipinski definition) is 8. The molecule has 0 saturated carbocycles. The standard InChI is InChI=1S/C33H36NO8P/c1-6-41-31(37)29(32(38)42-7-2)25(30(34)36)19-26(35)27-20(3)18-21(4)28(22(27)5)33(39)43(40,23-14-10-8-11-15-23)24-16-12-9-13-17-24/h8-18,25,29H,6-7,19H2,1-5H3,(H2,34,36). The smallest absolute Gasteiger partial charge is 0.321 e. The van der Waals surface area contributed by atoms with E-state index < -0.39 is 54.6 Å². The van der Waals surface area contributed by atoms with Crippen molar-refractivity contribution in [3.05, 3.63) is 94.5 Å². The van der Waals surface area contributed by atoms with Crippen LogP contribution < -0.4 is 16.3 Å². The van der Waals surface area contributed by atoms with E-state index in [4.69, 9.17) is 15.2 Å². The number of aryl methyl sites for hydroxylation is 2. The molecule has 0 aliphatic heterocycles. The topological polar surface area (TPSA) is 147 Å². The van der Waals surface area contributed by atoms with Crippen molar-refractivity contribution < 1.29 is 38.0 Å². The fraction of sp³-hybridized carbons (Fsp3) is 0.303. The second kappa shape index (κ2) is 14.2. The minimum absolute atomic E-state index is 0.0707. The monoisotopic (exact) mass is 605 g/mol. The molecule has 2 N–H and O–H groups in total. The van der Waals surface area contributed by atoms with Crippen molar-refractivity contribution in [1.29, 1.82) is 0 Å². The first-order chi connectivity index (χ1) is 20.4. The van der Waals surface area contributed by atoms with E-state index >= 15 is 0 Å². The van der Waals surface area contributed by atoms with Crippen LogP contribution in [0.1, 0.15) is 57.7 Å². The van der Waals surface area contributed by atoms with Gasteiger partial charge in [0.25, 0.3) is 0 Å². The van der Waals surface area contributed by atoms with E-state index in [1.165, 1.54) is 13.8 Å². The second-order valence-corrected chi connectivity index (χ2v) is 12.7. The number of rotatable bonds is 13. The Kier molecular flexibility index (Phi) is 11.0. The number of Topliss-reactive ketones (excluding diaryl/α,β-unsaturated/α-hetero) is 1. The molecule has 0 aliphatic rings. The molecule has 0 aliphatic carbocycles. The Hall–Kier alpha value is -4.36. The maximum absolute atomic E-state index is 14.8. The third kappa shape index (κ3) is 6.83. The molecule has 10 heteroatoms. The van der Waals surface area contributed by atoms with Crippen molar-refractivity contribution in [3.8, 4) is 0 Å². The van der Waals surface area contributed by atoms with Crippen molar-refractivity contribution in [2.75, 3.05) is 13.2 Å². The zero-order valence-corrected chi connectivity index (χ0v) is 25.8. The minimum atomic E-state index is -3.90. The third-order valence-corrected chi connectivity index (χ3v) is 10.1. The van der Waals surface area contributed by atoms with E-state index in [9.17, 15) is 28.5 Å². The molecule has 1 unspecified atom stereocenters. The fourth-order valence-electron chi connectivity index (χ4n) is 5.33. The van der Waals surface area contributed by atoms with E-state index in [-0.39, 0.29) is 29.9 Å². The summed E-state index contributed by atoms with van der Waals surface area (Å²) in [5.41, 5.74) is 6.47. The SMILES string of the molecule is CCOC(=O)C(C(=O)OCC)C(CC(=O)c1c(C)cc(C)c(C(=O)P(=O)(c2ccccc2)c2ccccc2)c1C)C(N)=O. The Bertz CT molecular complexity index is 1520. The largest absolute Gasteiger partial charge is 0.465 e. The number of hydrogen-bond donors (Lipinski definition) is 1. The molecule has 9 nitrogen and oxygen atoms in total. The van der Waals surface area contributed by atoms with Gasteiger partial charge >= 0.3 is 11.9 Å². The summed E-state index contributed by atoms with van der Waals surface area (Å²) in [5, 5.41) is 0.693. The number of amides is 1. The van der Waals surface area contributed by atoms with Crippen LogP contribution in [0.5, 0.6) is 0 Å². The highest BCUT2D eigenvalue weighted by Crippen LogP contribution is 2.48. The molecule has 0 spiro atoms. The fourth-order valence-corrected chi connectivity index (χ4v) is 7.94. The summed E-state index contributed by atoms with van der Waals surface area (Å²) in [7, 11) is -3.90. The molecule has 3 rings (SSSR count). The van der Waals surface area contributed by atoms with Crippen LogP contribution in [0.4, 0.5) is 0 Å². The summed E-state index contributed by atoms with van der Waals surface area (Å²) in [6.07, 6.45) is -0.620. The van der Waals surface area contributed by atoms with Crippen molar-refractivity contribution in [2.24, 2.45) is 17.6 Å². The van der Waals surface area contributed by atoms with Crippen molar-refractivity contribution in [2.45, 2.75) is 41.0 Å². The van der Waals surface area contributed by atoms with E-state index in [1.54, 1.807) is 87.5 Å². The van der Waals surface area contributed by atoms with Gasteiger partial charge in [-0.05, 0) is 51.3 Å². The maximum atomic E-state index is 14.8. The first-order valence-corrected chi connectivity index (χ1v) is 15.6. The van der Waals surface area contributed by atoms with E-state index in [1.807, 2.05) is 0 Å². The summed E-state index contributed by atoms with van der Waals surface area (Å²) >= 11 is 0. The van der Waals surface area contributed by atoms with Gasteiger partial charge in [0, 0.05) is 28.2 Å². The van der Waals surface area contributed by atoms with Gasteiger partial charge < -0.3 is 19.8 Å². The molecule has 3 aromatic carbocycles. The molecular formula is C33H36NO8P. The van der Waals surface area contributed by atoms with Crippen LogP contribution in [0.15, 0.2) is 66.7 Å². The highest BCUT2D eigenvalue weighted by atomic mass is 31.2. The summed E-state index contributed by atoms with van der Waals surface area (Å²) in [5.74, 6) is -7.05. The lowest BCUT2D eigenvalue weighted by Crippen LogP contribution is -2.42. The number of carbonyl (C=O) groups is 5. The average molecular weight is 606 g/mol. The van der Waals surface area contributed by atoms with E-state index in [0.29, 0.717) is 21.7 Å². The summed E-state index contributed by atoms with van der Waals surface area (Å²) in [6, 6.07) is 18.5. The number of primary amides is 1. The van der Waals surface area contributed by atoms with Crippen molar-refractivity contribution in [3.63, 3.8) is 0 Å². The first-order valence-electron chi connectivity index (χ1n) is 13.9. The molecule has 0 heterocycles. The molecule has 0 bridgehead atoms. The number of nitrogens with two attached hydrogens (primary N) is 1. The Balaban J connectivity index is 2.16. The number of carbonyl (C=O) groups excluding carboxylic acids is 5. The predicted molar refractivity (Wildman–Crippen MR) is 163 cm³/mol. The average Bonchev–Trinajstić information content (AvgIpc) is 2.97. The lowest BCUT2D eigenvalue weighted by molar-refractivity contribution is -0.166. The Morgan fingerprint density at radius 1 is 0.744 bits per heavy atom. The zero-order chi connectivity index (χ0) is 31.9. The van der Waals surface area contributed by atoms with Crippen molar-refractivity contribution in [1.82, 2.24) is 0 Å². The van der Waals surface area contributed by atoms with Gasteiger partial charge in [0.2, 0.25) is 18.6 Å². The van der Waals surface area contributed by atoms with Gasteiger partial charge in [0.15, 0.2) is 11.7 Å². The normalized spacial score (nSPS) is 12.0. The lowest BCUT2D eigenvalue weighted by atomic mass is 9.83.